The molecule has 5 nitrogen and oxygen atoms in total. The molecule has 1 heterocycles. The summed E-state index contributed by atoms with van der Waals surface area (Å²) >= 11 is 0. The Morgan fingerprint density at radius 3 is 2.78 bits per heavy atom. The fraction of sp³-hybridized carbons (Fsp3) is 0.692. The third-order valence-electron chi connectivity index (χ3n) is 2.39. The molecule has 0 unspecified atom stereocenters. The summed E-state index contributed by atoms with van der Waals surface area (Å²) in [7, 11) is 0. The minimum absolute atomic E-state index is 0.562. The summed E-state index contributed by atoms with van der Waals surface area (Å²) in [4.78, 5) is 10.6. The Kier molecular flexibility index (Phi) is 6.43. The highest BCUT2D eigenvalue weighted by atomic mass is 16.5. The van der Waals surface area contributed by atoms with Gasteiger partial charge in [0.15, 0.2) is 0 Å². The van der Waals surface area contributed by atoms with E-state index in [1.807, 2.05) is 6.07 Å². The lowest BCUT2D eigenvalue weighted by Gasteiger charge is -2.25. The van der Waals surface area contributed by atoms with Gasteiger partial charge in [-0.15, -0.1) is 0 Å². The van der Waals surface area contributed by atoms with Gasteiger partial charge in [0, 0.05) is 25.7 Å². The van der Waals surface area contributed by atoms with E-state index in [4.69, 9.17) is 10.5 Å². The molecule has 0 aliphatic rings. The molecule has 0 aliphatic carbocycles. The minimum Gasteiger partial charge on any atom is -0.478 e. The van der Waals surface area contributed by atoms with Crippen LogP contribution in [0.1, 0.15) is 27.2 Å². The number of nitrogens with two attached hydrogens (primary N) is 1. The summed E-state index contributed by atoms with van der Waals surface area (Å²) in [6.45, 7) is 9.45. The maximum Gasteiger partial charge on any atom is 0.218 e. The van der Waals surface area contributed by atoms with Crippen LogP contribution in [0.5, 0.6) is 5.88 Å². The molecule has 5 heteroatoms. The second-order valence-electron chi connectivity index (χ2n) is 4.69. The highest BCUT2D eigenvalue weighted by molar-refractivity contribution is 5.40. The summed E-state index contributed by atoms with van der Waals surface area (Å²) in [5, 5.41) is 0. The van der Waals surface area contributed by atoms with Crippen LogP contribution in [0, 0.1) is 5.92 Å². The van der Waals surface area contributed by atoms with Crippen LogP contribution in [-0.2, 0) is 0 Å². The van der Waals surface area contributed by atoms with Crippen molar-refractivity contribution in [1.82, 2.24) is 9.97 Å². The predicted molar refractivity (Wildman–Crippen MR) is 73.9 cm³/mol. The van der Waals surface area contributed by atoms with Crippen LogP contribution in [0.2, 0.25) is 0 Å². The number of rotatable bonds is 8. The molecule has 1 rings (SSSR count). The third kappa shape index (κ3) is 4.87. The number of ether oxygens (including phenoxy) is 1. The molecular weight excluding hydrogens is 228 g/mol. The van der Waals surface area contributed by atoms with Gasteiger partial charge < -0.3 is 15.4 Å². The Labute approximate surface area is 109 Å². The predicted octanol–water partition coefficient (Wildman–Crippen LogP) is 1.69. The summed E-state index contributed by atoms with van der Waals surface area (Å²) in [5.74, 6) is 2.08. The Hall–Kier alpha value is -1.36. The van der Waals surface area contributed by atoms with Gasteiger partial charge >= 0.3 is 0 Å². The number of hydrogen-bond acceptors (Lipinski definition) is 5. The molecule has 0 aliphatic heterocycles. The topological polar surface area (TPSA) is 64.3 Å². The Morgan fingerprint density at radius 1 is 1.39 bits per heavy atom. The van der Waals surface area contributed by atoms with Crippen molar-refractivity contribution in [3.63, 3.8) is 0 Å². The summed E-state index contributed by atoms with van der Waals surface area (Å²) in [6, 6.07) is 1.88. The molecule has 18 heavy (non-hydrogen) atoms. The number of hydrogen-bond donors (Lipinski definition) is 1. The van der Waals surface area contributed by atoms with Crippen molar-refractivity contribution in [3.05, 3.63) is 12.4 Å². The molecule has 0 atom stereocenters. The van der Waals surface area contributed by atoms with Crippen LogP contribution in [-0.4, -0.2) is 36.2 Å². The summed E-state index contributed by atoms with van der Waals surface area (Å²) in [6.07, 6.45) is 2.52. The monoisotopic (exact) mass is 252 g/mol. The van der Waals surface area contributed by atoms with Crippen LogP contribution in [0.3, 0.4) is 0 Å². The Morgan fingerprint density at radius 2 is 2.17 bits per heavy atom. The fourth-order valence-electron chi connectivity index (χ4n) is 1.68. The van der Waals surface area contributed by atoms with Gasteiger partial charge in [-0.1, -0.05) is 20.8 Å². The molecule has 102 valence electrons. The van der Waals surface area contributed by atoms with E-state index in [-0.39, 0.29) is 0 Å². The molecule has 1 aromatic heterocycles. The second-order valence-corrected chi connectivity index (χ2v) is 4.69. The molecule has 0 fully saturated rings. The normalized spacial score (nSPS) is 10.7. The lowest BCUT2D eigenvalue weighted by Crippen LogP contribution is -2.33. The first kappa shape index (κ1) is 14.7. The highest BCUT2D eigenvalue weighted by Crippen LogP contribution is 2.16. The van der Waals surface area contributed by atoms with Crippen molar-refractivity contribution in [3.8, 4) is 5.88 Å². The first-order chi connectivity index (χ1) is 8.67. The zero-order valence-corrected chi connectivity index (χ0v) is 11.6. The number of nitrogens with zero attached hydrogens (tertiary/aromatic N) is 3. The van der Waals surface area contributed by atoms with Crippen molar-refractivity contribution in [2.24, 2.45) is 11.7 Å². The molecule has 0 amide bonds. The van der Waals surface area contributed by atoms with Crippen LogP contribution < -0.4 is 15.4 Å². The van der Waals surface area contributed by atoms with Gasteiger partial charge in [-0.3, -0.25) is 0 Å². The van der Waals surface area contributed by atoms with Crippen molar-refractivity contribution in [2.75, 3.05) is 31.1 Å². The average molecular weight is 252 g/mol. The lowest BCUT2D eigenvalue weighted by atomic mass is 10.2. The van der Waals surface area contributed by atoms with Gasteiger partial charge in [0.2, 0.25) is 5.88 Å². The maximum absolute atomic E-state index is 5.64. The quantitative estimate of drug-likeness (QED) is 0.762. The van der Waals surface area contributed by atoms with Crippen LogP contribution in [0.25, 0.3) is 0 Å². The zero-order chi connectivity index (χ0) is 13.4. The first-order valence-corrected chi connectivity index (χ1v) is 6.57. The van der Waals surface area contributed by atoms with Crippen molar-refractivity contribution >= 4 is 5.82 Å². The Balaban J connectivity index is 2.76. The van der Waals surface area contributed by atoms with E-state index >= 15 is 0 Å². The van der Waals surface area contributed by atoms with Crippen LogP contribution in [0.4, 0.5) is 5.82 Å². The van der Waals surface area contributed by atoms with E-state index in [1.165, 1.54) is 0 Å². The van der Waals surface area contributed by atoms with Crippen molar-refractivity contribution < 1.29 is 4.74 Å². The third-order valence-corrected chi connectivity index (χ3v) is 2.39. The molecule has 0 bridgehead atoms. The molecule has 0 aromatic carbocycles. The second kappa shape index (κ2) is 7.87. The van der Waals surface area contributed by atoms with Crippen LogP contribution in [0.15, 0.2) is 12.4 Å². The van der Waals surface area contributed by atoms with Crippen molar-refractivity contribution in [2.45, 2.75) is 27.2 Å². The Bertz CT molecular complexity index is 344. The highest BCUT2D eigenvalue weighted by Gasteiger charge is 2.10. The van der Waals surface area contributed by atoms with Crippen LogP contribution >= 0.6 is 0 Å². The van der Waals surface area contributed by atoms with Gasteiger partial charge in [0.25, 0.3) is 0 Å². The van der Waals surface area contributed by atoms with E-state index in [2.05, 4.69) is 35.6 Å². The SMILES string of the molecule is CCCOc1cc(N(CCN)CC(C)C)ncn1. The summed E-state index contributed by atoms with van der Waals surface area (Å²) in [5.41, 5.74) is 5.64. The fourth-order valence-corrected chi connectivity index (χ4v) is 1.68. The smallest absolute Gasteiger partial charge is 0.218 e. The van der Waals surface area contributed by atoms with Gasteiger partial charge in [0.1, 0.15) is 12.1 Å². The van der Waals surface area contributed by atoms with Gasteiger partial charge in [-0.2, -0.15) is 0 Å². The van der Waals surface area contributed by atoms with E-state index in [0.717, 1.165) is 25.3 Å². The standard InChI is InChI=1S/C13H24N4O/c1-4-7-18-13-8-12(15-10-16-13)17(6-5-14)9-11(2)3/h8,10-11H,4-7,9,14H2,1-3H3. The molecule has 0 radical (unpaired) electrons. The van der Waals surface area contributed by atoms with E-state index in [1.54, 1.807) is 6.33 Å². The van der Waals surface area contributed by atoms with Crippen molar-refractivity contribution in [1.29, 1.82) is 0 Å². The maximum atomic E-state index is 5.64. The van der Waals surface area contributed by atoms with E-state index in [0.29, 0.717) is 24.9 Å². The number of aromatic nitrogens is 2. The van der Waals surface area contributed by atoms with E-state index in [9.17, 15) is 0 Å². The first-order valence-electron chi connectivity index (χ1n) is 6.57. The largest absolute Gasteiger partial charge is 0.478 e. The molecule has 0 spiro atoms. The molecule has 0 saturated carbocycles. The minimum atomic E-state index is 0.562. The number of anilines is 1. The van der Waals surface area contributed by atoms with Gasteiger partial charge in [-0.25, -0.2) is 9.97 Å². The van der Waals surface area contributed by atoms with Gasteiger partial charge in [-0.05, 0) is 12.3 Å². The summed E-state index contributed by atoms with van der Waals surface area (Å²) < 4.78 is 5.52. The molecule has 0 saturated heterocycles. The zero-order valence-electron chi connectivity index (χ0n) is 11.6. The van der Waals surface area contributed by atoms with E-state index < -0.39 is 0 Å². The molecular formula is C13H24N4O. The molecule has 2 N–H and O–H groups in total. The van der Waals surface area contributed by atoms with Gasteiger partial charge in [0.05, 0.1) is 6.61 Å². The molecule has 1 aromatic rings. The average Bonchev–Trinajstić information content (AvgIpc) is 2.36. The lowest BCUT2D eigenvalue weighted by molar-refractivity contribution is 0.304.